The zero-order valence-electron chi connectivity index (χ0n) is 12.0. The summed E-state index contributed by atoms with van der Waals surface area (Å²) in [6, 6.07) is -0.327. The van der Waals surface area contributed by atoms with Gasteiger partial charge in [-0.2, -0.15) is 13.2 Å². The molecule has 0 saturated carbocycles. The fourth-order valence-electron chi connectivity index (χ4n) is 2.59. The standard InChI is InChI=1S/C13H23F3N2O2/c1-3-5-10-6-11(17-9-13(14,15)16)8-18(7-10)12(19)20-4-2/h10-11,17H,3-9H2,1-2H3. The van der Waals surface area contributed by atoms with Crippen LogP contribution in [-0.2, 0) is 4.74 Å². The molecule has 4 nitrogen and oxygen atoms in total. The largest absolute Gasteiger partial charge is 0.450 e. The predicted octanol–water partition coefficient (Wildman–Crippen LogP) is 2.79. The van der Waals surface area contributed by atoms with E-state index < -0.39 is 18.8 Å². The topological polar surface area (TPSA) is 41.6 Å². The summed E-state index contributed by atoms with van der Waals surface area (Å²) < 4.78 is 41.7. The number of likely N-dealkylation sites (tertiary alicyclic amines) is 1. The third kappa shape index (κ3) is 5.98. The van der Waals surface area contributed by atoms with Gasteiger partial charge in [-0.25, -0.2) is 4.79 Å². The minimum atomic E-state index is -4.23. The molecule has 0 aromatic heterocycles. The molecule has 0 spiro atoms. The van der Waals surface area contributed by atoms with Crippen molar-refractivity contribution in [2.24, 2.45) is 5.92 Å². The first-order valence-electron chi connectivity index (χ1n) is 7.07. The van der Waals surface area contributed by atoms with Crippen LogP contribution in [0.25, 0.3) is 0 Å². The van der Waals surface area contributed by atoms with Gasteiger partial charge in [0.25, 0.3) is 0 Å². The molecule has 1 saturated heterocycles. The zero-order chi connectivity index (χ0) is 15.2. The Hall–Kier alpha value is -0.980. The Balaban J connectivity index is 2.58. The molecule has 1 N–H and O–H groups in total. The lowest BCUT2D eigenvalue weighted by molar-refractivity contribution is -0.127. The Labute approximate surface area is 117 Å². The Morgan fingerprint density at radius 3 is 2.60 bits per heavy atom. The molecule has 20 heavy (non-hydrogen) atoms. The molecule has 2 atom stereocenters. The lowest BCUT2D eigenvalue weighted by Gasteiger charge is -2.37. The summed E-state index contributed by atoms with van der Waals surface area (Å²) >= 11 is 0. The highest BCUT2D eigenvalue weighted by atomic mass is 19.4. The van der Waals surface area contributed by atoms with Crippen LogP contribution in [0.5, 0.6) is 0 Å². The molecule has 1 heterocycles. The summed E-state index contributed by atoms with van der Waals surface area (Å²) in [4.78, 5) is 13.3. The SMILES string of the molecule is CCCC1CC(NCC(F)(F)F)CN(C(=O)OCC)C1. The van der Waals surface area contributed by atoms with E-state index in [9.17, 15) is 18.0 Å². The van der Waals surface area contributed by atoms with Gasteiger partial charge in [0.15, 0.2) is 0 Å². The van der Waals surface area contributed by atoms with Crippen molar-refractivity contribution >= 4 is 6.09 Å². The number of nitrogens with zero attached hydrogens (tertiary/aromatic N) is 1. The third-order valence-electron chi connectivity index (χ3n) is 3.35. The van der Waals surface area contributed by atoms with Gasteiger partial charge in [-0.3, -0.25) is 0 Å². The molecule has 1 rings (SSSR count). The van der Waals surface area contributed by atoms with Crippen LogP contribution >= 0.6 is 0 Å². The van der Waals surface area contributed by atoms with Crippen molar-refractivity contribution < 1.29 is 22.7 Å². The number of hydrogen-bond acceptors (Lipinski definition) is 3. The Bertz CT molecular complexity index is 310. The summed E-state index contributed by atoms with van der Waals surface area (Å²) in [6.45, 7) is 3.83. The third-order valence-corrected chi connectivity index (χ3v) is 3.35. The zero-order valence-corrected chi connectivity index (χ0v) is 12.0. The van der Waals surface area contributed by atoms with Crippen molar-refractivity contribution in [1.29, 1.82) is 0 Å². The highest BCUT2D eigenvalue weighted by Crippen LogP contribution is 2.23. The van der Waals surface area contributed by atoms with Crippen LogP contribution in [0.4, 0.5) is 18.0 Å². The monoisotopic (exact) mass is 296 g/mol. The van der Waals surface area contributed by atoms with E-state index in [0.29, 0.717) is 13.0 Å². The van der Waals surface area contributed by atoms with Gasteiger partial charge in [-0.05, 0) is 25.7 Å². The Morgan fingerprint density at radius 1 is 1.35 bits per heavy atom. The maximum atomic E-state index is 12.3. The predicted molar refractivity (Wildman–Crippen MR) is 69.5 cm³/mol. The maximum Gasteiger partial charge on any atom is 0.409 e. The first-order chi connectivity index (χ1) is 9.35. The fraction of sp³-hybridized carbons (Fsp3) is 0.923. The van der Waals surface area contributed by atoms with E-state index in [1.165, 1.54) is 4.90 Å². The molecule has 0 bridgehead atoms. The number of carbonyl (C=O) groups is 1. The van der Waals surface area contributed by atoms with Crippen molar-refractivity contribution in [1.82, 2.24) is 10.2 Å². The van der Waals surface area contributed by atoms with Crippen LogP contribution in [0.2, 0.25) is 0 Å². The smallest absolute Gasteiger partial charge is 0.409 e. The minimum absolute atomic E-state index is 0.226. The lowest BCUT2D eigenvalue weighted by atomic mass is 9.91. The van der Waals surface area contributed by atoms with Crippen LogP contribution < -0.4 is 5.32 Å². The first kappa shape index (κ1) is 17.1. The number of nitrogens with one attached hydrogen (secondary N) is 1. The number of halogens is 3. The minimum Gasteiger partial charge on any atom is -0.450 e. The van der Waals surface area contributed by atoms with Gasteiger partial charge < -0.3 is 15.0 Å². The van der Waals surface area contributed by atoms with Gasteiger partial charge in [-0.15, -0.1) is 0 Å². The number of carbonyl (C=O) groups excluding carboxylic acids is 1. The number of hydrogen-bond donors (Lipinski definition) is 1. The van der Waals surface area contributed by atoms with Crippen LogP contribution in [0.1, 0.15) is 33.1 Å². The number of amides is 1. The average Bonchev–Trinajstić information content (AvgIpc) is 2.36. The number of alkyl halides is 3. The molecule has 1 aliphatic rings. The van der Waals surface area contributed by atoms with Gasteiger partial charge in [0.1, 0.15) is 0 Å². The Kier molecular flexibility index (Phi) is 6.58. The summed E-state index contributed by atoms with van der Waals surface area (Å²) in [7, 11) is 0. The van der Waals surface area contributed by atoms with Crippen molar-refractivity contribution in [3.8, 4) is 0 Å². The summed E-state index contributed by atoms with van der Waals surface area (Å²) in [5.41, 5.74) is 0. The van der Waals surface area contributed by atoms with Gasteiger partial charge in [0, 0.05) is 19.1 Å². The molecular weight excluding hydrogens is 273 g/mol. The Morgan fingerprint density at radius 2 is 2.05 bits per heavy atom. The lowest BCUT2D eigenvalue weighted by Crippen LogP contribution is -2.52. The molecule has 2 unspecified atom stereocenters. The average molecular weight is 296 g/mol. The molecular formula is C13H23F3N2O2. The molecule has 0 aromatic carbocycles. The molecule has 1 amide bonds. The van der Waals surface area contributed by atoms with Gasteiger partial charge in [-0.1, -0.05) is 13.3 Å². The van der Waals surface area contributed by atoms with E-state index in [4.69, 9.17) is 4.74 Å². The molecule has 1 aliphatic heterocycles. The van der Waals surface area contributed by atoms with Crippen molar-refractivity contribution in [3.05, 3.63) is 0 Å². The number of ether oxygens (including phenoxy) is 1. The second-order valence-corrected chi connectivity index (χ2v) is 5.19. The van der Waals surface area contributed by atoms with E-state index in [2.05, 4.69) is 5.32 Å². The molecule has 0 radical (unpaired) electrons. The van der Waals surface area contributed by atoms with Gasteiger partial charge in [0.05, 0.1) is 13.2 Å². The van der Waals surface area contributed by atoms with E-state index in [-0.39, 0.29) is 25.1 Å². The second kappa shape index (κ2) is 7.71. The van der Waals surface area contributed by atoms with Crippen molar-refractivity contribution in [2.45, 2.75) is 45.3 Å². The first-order valence-corrected chi connectivity index (χ1v) is 7.07. The molecule has 7 heteroatoms. The maximum absolute atomic E-state index is 12.3. The van der Waals surface area contributed by atoms with E-state index in [1.807, 2.05) is 6.92 Å². The summed E-state index contributed by atoms with van der Waals surface area (Å²) in [6.07, 6.45) is -2.15. The van der Waals surface area contributed by atoms with Crippen LogP contribution in [-0.4, -0.2) is 49.5 Å². The van der Waals surface area contributed by atoms with Crippen molar-refractivity contribution in [3.63, 3.8) is 0 Å². The van der Waals surface area contributed by atoms with Gasteiger partial charge >= 0.3 is 12.3 Å². The van der Waals surface area contributed by atoms with Crippen molar-refractivity contribution in [2.75, 3.05) is 26.2 Å². The highest BCUT2D eigenvalue weighted by Gasteiger charge is 2.33. The second-order valence-electron chi connectivity index (χ2n) is 5.19. The molecule has 1 fully saturated rings. The van der Waals surface area contributed by atoms with Crippen LogP contribution in [0, 0.1) is 5.92 Å². The normalized spacial score (nSPS) is 23.8. The quantitative estimate of drug-likeness (QED) is 0.848. The molecule has 118 valence electrons. The van der Waals surface area contributed by atoms with E-state index >= 15 is 0 Å². The van der Waals surface area contributed by atoms with E-state index in [1.54, 1.807) is 6.92 Å². The fourth-order valence-corrected chi connectivity index (χ4v) is 2.59. The number of piperidine rings is 1. The highest BCUT2D eigenvalue weighted by molar-refractivity contribution is 5.67. The van der Waals surface area contributed by atoms with E-state index in [0.717, 1.165) is 12.8 Å². The number of rotatable bonds is 5. The summed E-state index contributed by atoms with van der Waals surface area (Å²) in [5, 5.41) is 2.50. The van der Waals surface area contributed by atoms with Crippen LogP contribution in [0.3, 0.4) is 0 Å². The molecule has 0 aliphatic carbocycles. The van der Waals surface area contributed by atoms with Gasteiger partial charge in [0.2, 0.25) is 0 Å². The molecule has 0 aromatic rings. The summed E-state index contributed by atoms with van der Waals surface area (Å²) in [5.74, 6) is 0.226. The van der Waals surface area contributed by atoms with Crippen LogP contribution in [0.15, 0.2) is 0 Å².